The highest BCUT2D eigenvalue weighted by Gasteiger charge is 2.45. The summed E-state index contributed by atoms with van der Waals surface area (Å²) >= 11 is 0.958. The summed E-state index contributed by atoms with van der Waals surface area (Å²) in [6.07, 6.45) is 2.61. The third-order valence-corrected chi connectivity index (χ3v) is 6.92. The number of thioether (sulfide) groups is 1. The number of carbonyl (C=O) groups excluding carboxylic acids is 4. The molecule has 0 aromatic heterocycles. The van der Waals surface area contributed by atoms with Crippen LogP contribution in [0.4, 0.5) is 0 Å². The van der Waals surface area contributed by atoms with Crippen LogP contribution in [0.25, 0.3) is 0 Å². The summed E-state index contributed by atoms with van der Waals surface area (Å²) in [5.74, 6) is -1.39. The largest absolute Gasteiger partial charge is 0.508 e. The van der Waals surface area contributed by atoms with E-state index >= 15 is 0 Å². The number of ether oxygens (including phenoxy) is 1. The molecule has 32 heavy (non-hydrogen) atoms. The van der Waals surface area contributed by atoms with Crippen LogP contribution in [0.2, 0.25) is 0 Å². The van der Waals surface area contributed by atoms with Crippen LogP contribution in [0.15, 0.2) is 24.3 Å². The number of benzene rings is 1. The second-order valence-corrected chi connectivity index (χ2v) is 9.79. The van der Waals surface area contributed by atoms with Crippen LogP contribution in [0.1, 0.15) is 52.0 Å². The summed E-state index contributed by atoms with van der Waals surface area (Å²) in [5, 5.41) is 14.4. The molecule has 2 rings (SSSR count). The second-order valence-electron chi connectivity index (χ2n) is 8.47. The van der Waals surface area contributed by atoms with E-state index in [4.69, 9.17) is 4.74 Å². The Morgan fingerprint density at radius 3 is 2.22 bits per heavy atom. The van der Waals surface area contributed by atoms with Crippen LogP contribution >= 0.6 is 11.8 Å². The van der Waals surface area contributed by atoms with Crippen LogP contribution in [-0.4, -0.2) is 51.9 Å². The Bertz CT molecular complexity index is 833. The Morgan fingerprint density at radius 1 is 1.12 bits per heavy atom. The van der Waals surface area contributed by atoms with Crippen LogP contribution in [0, 0.1) is 5.92 Å². The summed E-state index contributed by atoms with van der Waals surface area (Å²) in [5.41, 5.74) is -0.399. The van der Waals surface area contributed by atoms with Gasteiger partial charge in [0, 0.05) is 13.3 Å². The van der Waals surface area contributed by atoms with Crippen molar-refractivity contribution in [3.8, 4) is 5.75 Å². The minimum absolute atomic E-state index is 0.0947. The lowest BCUT2D eigenvalue weighted by molar-refractivity contribution is -0.146. The van der Waals surface area contributed by atoms with E-state index in [0.29, 0.717) is 12.8 Å². The van der Waals surface area contributed by atoms with Gasteiger partial charge in [0.2, 0.25) is 11.8 Å². The summed E-state index contributed by atoms with van der Waals surface area (Å²) < 4.78 is 4.87. The summed E-state index contributed by atoms with van der Waals surface area (Å²) in [6.45, 7) is 5.12. The van der Waals surface area contributed by atoms with Gasteiger partial charge in [-0.3, -0.25) is 14.4 Å². The summed E-state index contributed by atoms with van der Waals surface area (Å²) in [4.78, 5) is 50.3. The Kier molecular flexibility index (Phi) is 9.12. The van der Waals surface area contributed by atoms with Gasteiger partial charge in [0.1, 0.15) is 17.3 Å². The van der Waals surface area contributed by atoms with Crippen LogP contribution in [-0.2, 0) is 30.3 Å². The number of esters is 1. The van der Waals surface area contributed by atoms with Crippen LogP contribution in [0.5, 0.6) is 5.75 Å². The minimum atomic E-state index is -1.14. The molecule has 1 saturated carbocycles. The van der Waals surface area contributed by atoms with E-state index in [0.717, 1.165) is 30.2 Å². The summed E-state index contributed by atoms with van der Waals surface area (Å²) in [7, 11) is 1.25. The first-order chi connectivity index (χ1) is 15.1. The Balaban J connectivity index is 2.20. The zero-order valence-electron chi connectivity index (χ0n) is 19.0. The molecule has 1 aliphatic rings. The van der Waals surface area contributed by atoms with E-state index in [9.17, 15) is 24.3 Å². The lowest BCUT2D eigenvalue weighted by Crippen LogP contribution is -2.61. The topological polar surface area (TPSA) is 122 Å². The lowest BCUT2D eigenvalue weighted by Gasteiger charge is -2.32. The predicted octanol–water partition coefficient (Wildman–Crippen LogP) is 2.33. The average Bonchev–Trinajstić information content (AvgIpc) is 3.21. The SMILES string of the molecule is COC(=O)[C@H](Cc1ccc(O)cc1)NC(=O)C1(NC(=O)[C@H](SC(C)=O)C(C)C)CCCC1. The Labute approximate surface area is 192 Å². The van der Waals surface area contributed by atoms with Crippen molar-refractivity contribution in [1.29, 1.82) is 0 Å². The Morgan fingerprint density at radius 2 is 1.72 bits per heavy atom. The third-order valence-electron chi connectivity index (χ3n) is 5.58. The number of carbonyl (C=O) groups is 4. The first kappa shape index (κ1) is 25.7. The molecule has 0 unspecified atom stereocenters. The number of amides is 2. The minimum Gasteiger partial charge on any atom is -0.508 e. The molecule has 0 radical (unpaired) electrons. The number of hydrogen-bond acceptors (Lipinski definition) is 7. The van der Waals surface area contributed by atoms with Gasteiger partial charge in [-0.15, -0.1) is 0 Å². The number of phenolic OH excluding ortho intramolecular Hbond substituents is 1. The average molecular weight is 465 g/mol. The highest BCUT2D eigenvalue weighted by atomic mass is 32.2. The van der Waals surface area contributed by atoms with Gasteiger partial charge in [0.05, 0.1) is 12.4 Å². The third kappa shape index (κ3) is 6.72. The van der Waals surface area contributed by atoms with Gasteiger partial charge < -0.3 is 20.5 Å². The van der Waals surface area contributed by atoms with Crippen molar-refractivity contribution in [3.05, 3.63) is 29.8 Å². The zero-order valence-corrected chi connectivity index (χ0v) is 19.8. The van der Waals surface area contributed by atoms with Crippen molar-refractivity contribution < 1.29 is 29.0 Å². The molecular formula is C23H32N2O6S. The van der Waals surface area contributed by atoms with Crippen molar-refractivity contribution >= 4 is 34.7 Å². The van der Waals surface area contributed by atoms with Gasteiger partial charge in [-0.25, -0.2) is 4.79 Å². The zero-order chi connectivity index (χ0) is 23.9. The van der Waals surface area contributed by atoms with Gasteiger partial charge in [0.25, 0.3) is 0 Å². The maximum Gasteiger partial charge on any atom is 0.328 e. The maximum atomic E-state index is 13.3. The van der Waals surface area contributed by atoms with E-state index in [1.54, 1.807) is 12.1 Å². The molecule has 8 nitrogen and oxygen atoms in total. The van der Waals surface area contributed by atoms with Crippen molar-refractivity contribution in [3.63, 3.8) is 0 Å². The fourth-order valence-corrected chi connectivity index (χ4v) is 4.66. The molecular weight excluding hydrogens is 432 g/mol. The summed E-state index contributed by atoms with van der Waals surface area (Å²) in [6, 6.07) is 5.39. The van der Waals surface area contributed by atoms with Crippen LogP contribution in [0.3, 0.4) is 0 Å². The van der Waals surface area contributed by atoms with Crippen molar-refractivity contribution in [2.24, 2.45) is 5.92 Å². The number of rotatable bonds is 9. The molecule has 0 aliphatic heterocycles. The number of hydrogen-bond donors (Lipinski definition) is 3. The maximum absolute atomic E-state index is 13.3. The number of phenols is 1. The number of methoxy groups -OCH3 is 1. The van der Waals surface area contributed by atoms with Gasteiger partial charge in [0.15, 0.2) is 5.12 Å². The Hall–Kier alpha value is -2.55. The monoisotopic (exact) mass is 464 g/mol. The molecule has 1 fully saturated rings. The number of nitrogens with one attached hydrogen (secondary N) is 2. The van der Waals surface area contributed by atoms with Crippen molar-refractivity contribution in [2.45, 2.75) is 69.7 Å². The molecule has 2 atom stereocenters. The predicted molar refractivity (Wildman–Crippen MR) is 122 cm³/mol. The van der Waals surface area contributed by atoms with Crippen molar-refractivity contribution in [2.75, 3.05) is 7.11 Å². The lowest BCUT2D eigenvalue weighted by atomic mass is 9.94. The van der Waals surface area contributed by atoms with Crippen LogP contribution < -0.4 is 10.6 Å². The highest BCUT2D eigenvalue weighted by molar-refractivity contribution is 8.14. The quantitative estimate of drug-likeness (QED) is 0.480. The van der Waals surface area contributed by atoms with E-state index < -0.39 is 28.7 Å². The standard InChI is InChI=1S/C23H32N2O6S/c1-14(2)19(32-15(3)26)20(28)25-23(11-5-6-12-23)22(30)24-18(21(29)31-4)13-16-7-9-17(27)10-8-16/h7-10,14,18-19,27H,5-6,11-13H2,1-4H3,(H,24,30)(H,25,28)/t18-,19+/m0/s1. The molecule has 0 spiro atoms. The first-order valence-corrected chi connectivity index (χ1v) is 11.6. The van der Waals surface area contributed by atoms with E-state index in [2.05, 4.69) is 10.6 Å². The smallest absolute Gasteiger partial charge is 0.328 e. The van der Waals surface area contributed by atoms with Gasteiger partial charge >= 0.3 is 5.97 Å². The fourth-order valence-electron chi connectivity index (χ4n) is 3.87. The van der Waals surface area contributed by atoms with Gasteiger partial charge in [-0.2, -0.15) is 0 Å². The molecule has 2 amide bonds. The molecule has 1 aromatic rings. The molecule has 0 heterocycles. The highest BCUT2D eigenvalue weighted by Crippen LogP contribution is 2.32. The molecule has 1 aromatic carbocycles. The second kappa shape index (κ2) is 11.4. The van der Waals surface area contributed by atoms with E-state index in [1.807, 2.05) is 13.8 Å². The van der Waals surface area contributed by atoms with E-state index in [-0.39, 0.29) is 29.1 Å². The number of aromatic hydroxyl groups is 1. The van der Waals surface area contributed by atoms with Gasteiger partial charge in [-0.1, -0.05) is 50.6 Å². The molecule has 3 N–H and O–H groups in total. The molecule has 1 aliphatic carbocycles. The first-order valence-electron chi connectivity index (χ1n) is 10.7. The van der Waals surface area contributed by atoms with E-state index in [1.165, 1.54) is 26.2 Å². The van der Waals surface area contributed by atoms with Crippen molar-refractivity contribution in [1.82, 2.24) is 10.6 Å². The van der Waals surface area contributed by atoms with Gasteiger partial charge in [-0.05, 0) is 36.5 Å². The molecule has 0 bridgehead atoms. The molecule has 9 heteroatoms. The molecule has 176 valence electrons. The fraction of sp³-hybridized carbons (Fsp3) is 0.565. The normalized spacial score (nSPS) is 16.8. The molecule has 0 saturated heterocycles.